The maximum absolute atomic E-state index is 14.9. The molecule has 2 aromatic heterocycles. The van der Waals surface area contributed by atoms with E-state index in [0.29, 0.717) is 0 Å². The monoisotopic (exact) mass is 536 g/mol. The third kappa shape index (κ3) is 4.92. The van der Waals surface area contributed by atoms with Crippen molar-refractivity contribution < 1.29 is 49.1 Å². The predicted octanol–water partition coefficient (Wildman–Crippen LogP) is 2.18. The SMILES string of the molecule is [2H]c1c([2H])c([C@@H]2C([2H])([2H])[C@@]2([2H])Nc2nc(SC([2H])([2H])C([2H])([2H])C)nc3c2nnn3[C@]2([2H])C([2H])([2H])[C@]([2H])(OC([2H])([2H])CO)[C@@]([2H])(O)[C@@]2([2H])O)c([2H])c(F)c1C. The lowest BCUT2D eigenvalue weighted by atomic mass is 10.1. The Labute approximate surface area is 237 Å². The molecular formula is C24H31FN6O4S. The molecule has 4 N–H and O–H groups in total. The molecule has 3 aromatic rings. The van der Waals surface area contributed by atoms with Gasteiger partial charge >= 0.3 is 0 Å². The molecule has 10 nitrogen and oxygen atoms in total. The van der Waals surface area contributed by atoms with Crippen LogP contribution in [0.15, 0.2) is 23.3 Å². The average molecular weight is 537 g/mol. The van der Waals surface area contributed by atoms with Crippen LogP contribution in [0.4, 0.5) is 10.2 Å². The molecule has 2 heterocycles. The summed E-state index contributed by atoms with van der Waals surface area (Å²) in [7, 11) is 0. The molecule has 5 rings (SSSR count). The number of aromatic nitrogens is 5. The fraction of sp³-hybridized carbons (Fsp3) is 0.583. The van der Waals surface area contributed by atoms with E-state index >= 15 is 0 Å². The van der Waals surface area contributed by atoms with Crippen LogP contribution in [0, 0.1) is 12.7 Å². The Morgan fingerprint density at radius 2 is 2.19 bits per heavy atom. The number of nitrogens with one attached hydrogen (secondary N) is 1. The van der Waals surface area contributed by atoms with Gasteiger partial charge in [-0.3, -0.25) is 0 Å². The number of fused-ring (bicyclic) bond motifs is 1. The van der Waals surface area contributed by atoms with Crippen molar-refractivity contribution in [1.82, 2.24) is 25.0 Å². The number of benzene rings is 1. The second kappa shape index (κ2) is 10.5. The zero-order valence-corrected chi connectivity index (χ0v) is 19.4. The van der Waals surface area contributed by atoms with Gasteiger partial charge in [0.05, 0.1) is 39.0 Å². The van der Waals surface area contributed by atoms with Gasteiger partial charge < -0.3 is 25.4 Å². The Balaban J connectivity index is 1.77. The molecule has 0 saturated heterocycles. The Morgan fingerprint density at radius 1 is 1.36 bits per heavy atom. The van der Waals surface area contributed by atoms with Crippen LogP contribution in [0.5, 0.6) is 0 Å². The fourth-order valence-corrected chi connectivity index (χ4v) is 3.58. The second-order valence-corrected chi connectivity index (χ2v) is 8.00. The molecule has 2 saturated carbocycles. The van der Waals surface area contributed by atoms with Crippen molar-refractivity contribution in [2.75, 3.05) is 24.2 Å². The molecular weight excluding hydrogens is 487 g/mol. The summed E-state index contributed by atoms with van der Waals surface area (Å²) in [5, 5.41) is 40.4. The van der Waals surface area contributed by atoms with Crippen LogP contribution in [0.3, 0.4) is 0 Å². The molecule has 2 aliphatic rings. The summed E-state index contributed by atoms with van der Waals surface area (Å²) in [4.78, 5) is 7.94. The van der Waals surface area contributed by atoms with Crippen molar-refractivity contribution in [3.05, 3.63) is 35.1 Å². The van der Waals surface area contributed by atoms with E-state index in [9.17, 15) is 19.7 Å². The Kier molecular flexibility index (Phi) is 3.39. The highest BCUT2D eigenvalue weighted by molar-refractivity contribution is 7.99. The van der Waals surface area contributed by atoms with Crippen LogP contribution in [-0.2, 0) is 4.74 Å². The minimum absolute atomic E-state index is 0.0525. The van der Waals surface area contributed by atoms with E-state index < -0.39 is 126 Å². The normalized spacial score (nSPS) is 49.1. The smallest absolute Gasteiger partial charge is 0.191 e. The standard InChI is InChI=1S/C24H31FN6O4S/c1-3-8-36-24-27-22(26-16-10-14(16)13-5-4-12(2)15(25)9-13)19-23(28-24)31(30-29-19)17-11-18(35-7-6-32)21(34)20(17)33/h4-5,9,14,16-18,20-21,32-34H,3,6-8,10-11H2,1-2H3,(H,26,27,28)/t14-,16+,17+,18-,20-,21+/m0/s1/i3D2,4D,5D,7D2,8D2,9D,10D2,11D2,16D,17D,18D,20D,21D. The number of halogens is 1. The van der Waals surface area contributed by atoms with Crippen molar-refractivity contribution in [2.45, 2.75) is 74.3 Å². The van der Waals surface area contributed by atoms with Gasteiger partial charge in [0, 0.05) is 35.0 Å². The fourth-order valence-electron chi connectivity index (χ4n) is 3.12. The Hall–Kier alpha value is -2.38. The van der Waals surface area contributed by atoms with E-state index in [2.05, 4.69) is 30.3 Å². The number of hydrogen-bond acceptors (Lipinski definition) is 10. The summed E-state index contributed by atoms with van der Waals surface area (Å²) >= 11 is -0.0525. The highest BCUT2D eigenvalue weighted by Gasteiger charge is 2.45. The first-order valence-electron chi connectivity index (χ1n) is 19.2. The van der Waals surface area contributed by atoms with Crippen LogP contribution in [-0.4, -0.2) is 83.4 Å². The number of aliphatic hydroxyl groups excluding tert-OH is 1. The molecule has 194 valence electrons. The van der Waals surface area contributed by atoms with Gasteiger partial charge in [-0.2, -0.15) is 0 Å². The van der Waals surface area contributed by atoms with Crippen LogP contribution in [0.1, 0.15) is 73.8 Å². The lowest BCUT2D eigenvalue weighted by molar-refractivity contribution is -0.0629. The van der Waals surface area contributed by atoms with Gasteiger partial charge in [0.15, 0.2) is 22.1 Å². The molecule has 0 bridgehead atoms. The highest BCUT2D eigenvalue weighted by Crippen LogP contribution is 2.44. The van der Waals surface area contributed by atoms with Crippen molar-refractivity contribution >= 4 is 28.7 Å². The van der Waals surface area contributed by atoms with Crippen LogP contribution < -0.4 is 5.32 Å². The molecule has 0 amide bonds. The van der Waals surface area contributed by atoms with Gasteiger partial charge in [-0.15, -0.1) is 5.10 Å². The van der Waals surface area contributed by atoms with Crippen molar-refractivity contribution in [3.8, 4) is 0 Å². The average Bonchev–Trinajstić information content (AvgIpc) is 3.27. The zero-order chi connectivity index (χ0) is 41.6. The van der Waals surface area contributed by atoms with E-state index in [1.54, 1.807) is 0 Å². The van der Waals surface area contributed by atoms with Crippen LogP contribution >= 0.6 is 11.8 Å². The van der Waals surface area contributed by atoms with Crippen molar-refractivity contribution in [1.29, 1.82) is 0 Å². The second-order valence-electron chi connectivity index (χ2n) is 7.23. The number of anilines is 1. The molecule has 0 aliphatic heterocycles. The van der Waals surface area contributed by atoms with Gasteiger partial charge in [0.25, 0.3) is 0 Å². The van der Waals surface area contributed by atoms with Gasteiger partial charge in [-0.25, -0.2) is 19.0 Å². The van der Waals surface area contributed by atoms with Crippen molar-refractivity contribution in [3.63, 3.8) is 0 Å². The van der Waals surface area contributed by atoms with Gasteiger partial charge in [0.2, 0.25) is 0 Å². The molecule has 2 fully saturated rings. The maximum Gasteiger partial charge on any atom is 0.191 e. The minimum Gasteiger partial charge on any atom is -0.394 e. The summed E-state index contributed by atoms with van der Waals surface area (Å²) in [5.41, 5.74) is -5.81. The first-order valence-corrected chi connectivity index (χ1v) is 11.0. The van der Waals surface area contributed by atoms with Gasteiger partial charge in [0.1, 0.15) is 18.0 Å². The molecule has 0 radical (unpaired) electrons. The quantitative estimate of drug-likeness (QED) is 0.225. The van der Waals surface area contributed by atoms with E-state index in [1.165, 1.54) is 0 Å². The molecule has 12 heteroatoms. The molecule has 0 spiro atoms. The lowest BCUT2D eigenvalue weighted by Crippen LogP contribution is -2.33. The summed E-state index contributed by atoms with van der Waals surface area (Å²) < 4.78 is 170. The largest absolute Gasteiger partial charge is 0.394 e. The number of aliphatic hydroxyl groups is 3. The Morgan fingerprint density at radius 3 is 2.97 bits per heavy atom. The topological polar surface area (TPSA) is 138 Å². The third-order valence-electron chi connectivity index (χ3n) is 4.88. The van der Waals surface area contributed by atoms with Crippen LogP contribution in [0.2, 0.25) is 0 Å². The number of hydrogen-bond donors (Lipinski definition) is 4. The first kappa shape index (κ1) is 11.6. The summed E-state index contributed by atoms with van der Waals surface area (Å²) in [6.07, 6.45) is -22.3. The maximum atomic E-state index is 14.9. The number of rotatable bonds is 10. The van der Waals surface area contributed by atoms with E-state index in [1.807, 2.05) is 0 Å². The molecule has 1 aromatic carbocycles. The minimum atomic E-state index is -4.31. The number of ether oxygens (including phenoxy) is 1. The summed E-state index contributed by atoms with van der Waals surface area (Å²) in [6.45, 7) is -3.07. The molecule has 36 heavy (non-hydrogen) atoms. The first-order chi connectivity index (χ1) is 24.1. The number of nitrogens with zero attached hydrogens (tertiary/aromatic N) is 5. The lowest BCUT2D eigenvalue weighted by Gasteiger charge is -2.17. The van der Waals surface area contributed by atoms with Gasteiger partial charge in [-0.05, 0) is 36.8 Å². The number of thioether (sulfide) groups is 1. The summed E-state index contributed by atoms with van der Waals surface area (Å²) in [5.74, 6) is -3.97. The highest BCUT2D eigenvalue weighted by atomic mass is 32.2. The molecule has 6 atom stereocenters. The Bertz CT molecular complexity index is 2030. The van der Waals surface area contributed by atoms with Crippen molar-refractivity contribution in [2.24, 2.45) is 0 Å². The van der Waals surface area contributed by atoms with Crippen LogP contribution in [0.25, 0.3) is 11.2 Å². The van der Waals surface area contributed by atoms with E-state index in [4.69, 9.17) is 24.7 Å². The summed E-state index contributed by atoms with van der Waals surface area (Å²) in [6, 6.07) is -9.21. The predicted molar refractivity (Wildman–Crippen MR) is 133 cm³/mol. The van der Waals surface area contributed by atoms with Gasteiger partial charge in [-0.1, -0.05) is 36.0 Å². The molecule has 2 aliphatic carbocycles. The van der Waals surface area contributed by atoms with E-state index in [0.717, 1.165) is 13.8 Å². The molecule has 0 unspecified atom stereocenters. The van der Waals surface area contributed by atoms with E-state index in [-0.39, 0.29) is 22.0 Å². The zero-order valence-electron chi connectivity index (χ0n) is 36.6. The third-order valence-corrected chi connectivity index (χ3v) is 5.55.